The molecule has 9 nitrogen and oxygen atoms in total. The average Bonchev–Trinajstić information content (AvgIpc) is 2.89. The van der Waals surface area contributed by atoms with Gasteiger partial charge in [0.2, 0.25) is 0 Å². The third-order valence-corrected chi connectivity index (χ3v) is 1.59. The zero-order valence-corrected chi connectivity index (χ0v) is 9.35. The number of aryl methyl sites for hydroxylation is 1. The van der Waals surface area contributed by atoms with Crippen LogP contribution in [0, 0.1) is 0 Å². The second-order valence-electron chi connectivity index (χ2n) is 2.87. The van der Waals surface area contributed by atoms with E-state index in [0.717, 1.165) is 0 Å². The van der Waals surface area contributed by atoms with Crippen molar-refractivity contribution in [3.8, 4) is 0 Å². The van der Waals surface area contributed by atoms with Gasteiger partial charge < -0.3 is 4.74 Å². The fraction of sp³-hybridized carbons (Fsp3) is 0.600. The van der Waals surface area contributed by atoms with E-state index in [2.05, 4.69) is 34.1 Å². The number of aromatic nitrogens is 4. The number of H-pyrrole nitrogens is 2. The molecule has 2 rings (SSSR count). The van der Waals surface area contributed by atoms with E-state index in [9.17, 15) is 9.59 Å². The van der Waals surface area contributed by atoms with E-state index < -0.39 is 11.5 Å². The number of nitrogens with one attached hydrogen (secondary N) is 2. The van der Waals surface area contributed by atoms with E-state index in [4.69, 9.17) is 0 Å². The highest BCUT2D eigenvalue weighted by Gasteiger charge is 1.96. The summed E-state index contributed by atoms with van der Waals surface area (Å²) in [7, 11) is 1.51. The lowest BCUT2D eigenvalue weighted by Gasteiger charge is -1.85. The van der Waals surface area contributed by atoms with Gasteiger partial charge in [-0.15, -0.1) is 0 Å². The Kier molecular flexibility index (Phi) is 9.92. The maximum Gasteiger partial charge on any atom is 0.438 e. The van der Waals surface area contributed by atoms with Gasteiger partial charge in [-0.1, -0.05) is 32.1 Å². The lowest BCUT2D eigenvalue weighted by atomic mass is 10.5. The number of rotatable bonds is 3. The summed E-state index contributed by atoms with van der Waals surface area (Å²) in [6.07, 6.45) is 0.700. The van der Waals surface area contributed by atoms with Gasteiger partial charge >= 0.3 is 11.5 Å². The van der Waals surface area contributed by atoms with Crippen LogP contribution >= 0.6 is 0 Å². The first-order chi connectivity index (χ1) is 8.15. The van der Waals surface area contributed by atoms with Crippen molar-refractivity contribution in [2.75, 3.05) is 7.11 Å². The Morgan fingerprint density at radius 2 is 1.53 bits per heavy atom. The minimum atomic E-state index is -0.554. The first-order valence-corrected chi connectivity index (χ1v) is 4.74. The summed E-state index contributed by atoms with van der Waals surface area (Å²) in [5.41, 5.74) is 0. The van der Waals surface area contributed by atoms with Crippen LogP contribution in [-0.2, 0) is 17.8 Å². The Balaban J connectivity index is 0. The number of aromatic amines is 2. The predicted octanol–water partition coefficient (Wildman–Crippen LogP) is 0.707. The molecule has 0 aliphatic carbocycles. The van der Waals surface area contributed by atoms with Crippen molar-refractivity contribution in [2.45, 2.75) is 34.8 Å². The van der Waals surface area contributed by atoms with Crippen LogP contribution in [0.1, 0.15) is 33.4 Å². The topological polar surface area (TPSA) is 127 Å². The molecule has 0 aliphatic rings. The zero-order chi connectivity index (χ0) is 12.7. The smallest absolute Gasteiger partial charge is 0.377 e. The van der Waals surface area contributed by atoms with Gasteiger partial charge in [-0.05, 0) is 0 Å². The molecule has 9 heteroatoms. The SMILES string of the molecule is C.C.CCc1noc(=O)[nH]1.COCc1noc(=O)[nH]1. The third-order valence-electron chi connectivity index (χ3n) is 1.59. The Morgan fingerprint density at radius 1 is 1.05 bits per heavy atom. The summed E-state index contributed by atoms with van der Waals surface area (Å²) in [5.74, 6) is -0.0404. The largest absolute Gasteiger partial charge is 0.438 e. The average molecular weight is 276 g/mol. The molecule has 110 valence electrons. The molecule has 0 aromatic carbocycles. The van der Waals surface area contributed by atoms with Gasteiger partial charge in [-0.25, -0.2) is 9.59 Å². The second kappa shape index (κ2) is 9.83. The Hall–Kier alpha value is -2.16. The van der Waals surface area contributed by atoms with Crippen LogP contribution < -0.4 is 11.5 Å². The van der Waals surface area contributed by atoms with Crippen LogP contribution in [0.2, 0.25) is 0 Å². The second-order valence-corrected chi connectivity index (χ2v) is 2.87. The van der Waals surface area contributed by atoms with Crippen molar-refractivity contribution in [3.05, 3.63) is 32.8 Å². The van der Waals surface area contributed by atoms with Gasteiger partial charge in [0, 0.05) is 13.5 Å². The van der Waals surface area contributed by atoms with E-state index >= 15 is 0 Å². The molecule has 0 atom stereocenters. The van der Waals surface area contributed by atoms with Crippen LogP contribution in [0.15, 0.2) is 18.6 Å². The normalized spacial score (nSPS) is 8.74. The van der Waals surface area contributed by atoms with Crippen LogP contribution in [0.5, 0.6) is 0 Å². The monoisotopic (exact) mass is 276 g/mol. The van der Waals surface area contributed by atoms with E-state index in [-0.39, 0.29) is 21.5 Å². The molecule has 2 aromatic rings. The molecule has 2 aromatic heterocycles. The summed E-state index contributed by atoms with van der Waals surface area (Å²) in [4.78, 5) is 25.1. The van der Waals surface area contributed by atoms with Crippen LogP contribution in [-0.4, -0.2) is 27.4 Å². The van der Waals surface area contributed by atoms with Crippen molar-refractivity contribution >= 4 is 0 Å². The third kappa shape index (κ3) is 6.99. The van der Waals surface area contributed by atoms with E-state index in [0.29, 0.717) is 18.1 Å². The number of methoxy groups -OCH3 is 1. The Bertz CT molecular complexity index is 538. The highest BCUT2D eigenvalue weighted by Crippen LogP contribution is 1.84. The number of hydrogen-bond donors (Lipinski definition) is 2. The van der Waals surface area contributed by atoms with E-state index in [1.807, 2.05) is 6.92 Å². The molecule has 2 N–H and O–H groups in total. The summed E-state index contributed by atoms with van der Waals surface area (Å²) >= 11 is 0. The highest BCUT2D eigenvalue weighted by atomic mass is 16.5. The molecular formula is C10H20N4O5. The molecule has 19 heavy (non-hydrogen) atoms. The van der Waals surface area contributed by atoms with Crippen molar-refractivity contribution < 1.29 is 13.8 Å². The minimum absolute atomic E-state index is 0. The predicted molar refractivity (Wildman–Crippen MR) is 67.8 cm³/mol. The van der Waals surface area contributed by atoms with E-state index in [1.165, 1.54) is 7.11 Å². The molecule has 0 saturated heterocycles. The van der Waals surface area contributed by atoms with Crippen LogP contribution in [0.4, 0.5) is 0 Å². The molecular weight excluding hydrogens is 256 g/mol. The standard InChI is InChI=1S/C4H6N2O3.C4H6N2O2.2CH4/c1-8-2-3-5-4(7)9-6-3;1-2-3-5-4(7)8-6-3;;/h2H2,1H3,(H,5,6,7);2H2,1H3,(H,5,6,7);2*1H4. The van der Waals surface area contributed by atoms with Crippen molar-refractivity contribution in [2.24, 2.45) is 0 Å². The first-order valence-electron chi connectivity index (χ1n) is 4.74. The van der Waals surface area contributed by atoms with Crippen LogP contribution in [0.25, 0.3) is 0 Å². The molecule has 0 aliphatic heterocycles. The fourth-order valence-electron chi connectivity index (χ4n) is 0.872. The summed E-state index contributed by atoms with van der Waals surface area (Å²) in [5, 5.41) is 6.73. The van der Waals surface area contributed by atoms with Crippen molar-refractivity contribution in [3.63, 3.8) is 0 Å². The minimum Gasteiger partial charge on any atom is -0.377 e. The van der Waals surface area contributed by atoms with Gasteiger partial charge in [0.25, 0.3) is 0 Å². The molecule has 0 unspecified atom stereocenters. The van der Waals surface area contributed by atoms with Crippen molar-refractivity contribution in [1.82, 2.24) is 20.3 Å². The van der Waals surface area contributed by atoms with Gasteiger partial charge in [0.15, 0.2) is 11.6 Å². The summed E-state index contributed by atoms with van der Waals surface area (Å²) in [6, 6.07) is 0. The molecule has 0 amide bonds. The maximum atomic E-state index is 10.2. The lowest BCUT2D eigenvalue weighted by molar-refractivity contribution is 0.174. The van der Waals surface area contributed by atoms with Gasteiger partial charge in [-0.2, -0.15) is 0 Å². The summed E-state index contributed by atoms with van der Waals surface area (Å²) < 4.78 is 13.0. The molecule has 0 bridgehead atoms. The number of ether oxygens (including phenoxy) is 1. The molecule has 0 spiro atoms. The quantitative estimate of drug-likeness (QED) is 0.844. The van der Waals surface area contributed by atoms with Gasteiger partial charge in [-0.3, -0.25) is 19.0 Å². The summed E-state index contributed by atoms with van der Waals surface area (Å²) in [6.45, 7) is 2.15. The van der Waals surface area contributed by atoms with E-state index in [1.54, 1.807) is 0 Å². The van der Waals surface area contributed by atoms with Gasteiger partial charge in [0.1, 0.15) is 6.61 Å². The lowest BCUT2D eigenvalue weighted by Crippen LogP contribution is -1.97. The molecule has 2 heterocycles. The zero-order valence-electron chi connectivity index (χ0n) is 9.35. The Morgan fingerprint density at radius 3 is 1.79 bits per heavy atom. The van der Waals surface area contributed by atoms with Crippen LogP contribution in [0.3, 0.4) is 0 Å². The Labute approximate surface area is 110 Å². The van der Waals surface area contributed by atoms with Crippen molar-refractivity contribution in [1.29, 1.82) is 0 Å². The first kappa shape index (κ1) is 19.2. The van der Waals surface area contributed by atoms with Gasteiger partial charge in [0.05, 0.1) is 0 Å². The number of nitrogens with zero attached hydrogens (tertiary/aromatic N) is 2. The maximum absolute atomic E-state index is 10.2. The fourth-order valence-corrected chi connectivity index (χ4v) is 0.872. The molecule has 0 saturated carbocycles. The molecule has 0 radical (unpaired) electrons. The molecule has 0 fully saturated rings. The number of hydrogen-bond acceptors (Lipinski definition) is 7. The highest BCUT2D eigenvalue weighted by molar-refractivity contribution is 4.74.